The van der Waals surface area contributed by atoms with Crippen molar-refractivity contribution >= 4 is 28.9 Å². The average Bonchev–Trinajstić information content (AvgIpc) is 2.73. The maximum atomic E-state index is 12.3. The highest BCUT2D eigenvalue weighted by atomic mass is 16.5. The third kappa shape index (κ3) is 4.86. The molecular weight excluding hydrogens is 378 g/mol. The van der Waals surface area contributed by atoms with E-state index in [1.165, 1.54) is 6.20 Å². The fourth-order valence-electron chi connectivity index (χ4n) is 2.88. The summed E-state index contributed by atoms with van der Waals surface area (Å²) in [5, 5.41) is 9.12. The molecule has 0 radical (unpaired) electrons. The maximum Gasteiger partial charge on any atom is 0.254 e. The molecule has 0 spiro atoms. The summed E-state index contributed by atoms with van der Waals surface area (Å²) in [4.78, 5) is 21.2. The molecule has 0 aliphatic carbocycles. The number of rotatable bonds is 6. The largest absolute Gasteiger partial charge is 0.495 e. The van der Waals surface area contributed by atoms with Gasteiger partial charge >= 0.3 is 0 Å². The molecule has 1 aromatic carbocycles. The van der Waals surface area contributed by atoms with Crippen molar-refractivity contribution < 1.29 is 9.53 Å². The SMILES string of the molecule is CNC(=O)c1cnc(Nc2ccc(C(C)(C)C)cn2)cc1Nc1ccccc1OC. The molecule has 7 heteroatoms. The van der Waals surface area contributed by atoms with Crippen LogP contribution in [0.4, 0.5) is 23.0 Å². The van der Waals surface area contributed by atoms with Crippen LogP contribution in [0.25, 0.3) is 0 Å². The molecule has 0 aliphatic heterocycles. The Morgan fingerprint density at radius 2 is 1.67 bits per heavy atom. The number of ether oxygens (including phenoxy) is 1. The monoisotopic (exact) mass is 405 g/mol. The number of methoxy groups -OCH3 is 1. The molecule has 0 saturated carbocycles. The number of carbonyl (C=O) groups is 1. The Balaban J connectivity index is 1.91. The van der Waals surface area contributed by atoms with Crippen LogP contribution in [0.1, 0.15) is 36.7 Å². The van der Waals surface area contributed by atoms with Crippen molar-refractivity contribution in [1.29, 1.82) is 0 Å². The number of nitrogens with zero attached hydrogens (tertiary/aromatic N) is 2. The van der Waals surface area contributed by atoms with Gasteiger partial charge in [-0.15, -0.1) is 0 Å². The number of pyridine rings is 2. The smallest absolute Gasteiger partial charge is 0.254 e. The van der Waals surface area contributed by atoms with Crippen LogP contribution in [0, 0.1) is 0 Å². The van der Waals surface area contributed by atoms with Gasteiger partial charge in [0, 0.05) is 25.5 Å². The van der Waals surface area contributed by atoms with Gasteiger partial charge in [-0.05, 0) is 29.2 Å². The maximum absolute atomic E-state index is 12.3. The number of carbonyl (C=O) groups excluding carboxylic acids is 1. The van der Waals surface area contributed by atoms with Gasteiger partial charge < -0.3 is 20.7 Å². The standard InChI is InChI=1S/C23H27N5O2/c1-23(2,3)15-10-11-20(25-13-15)28-21-12-18(16(14-26-21)22(29)24-4)27-17-8-6-7-9-19(17)30-5/h6-14H,1-5H3,(H,24,29)(H2,25,26,27,28). The van der Waals surface area contributed by atoms with E-state index >= 15 is 0 Å². The van der Waals surface area contributed by atoms with Gasteiger partial charge in [0.2, 0.25) is 0 Å². The zero-order chi connectivity index (χ0) is 21.7. The van der Waals surface area contributed by atoms with Crippen molar-refractivity contribution in [3.05, 3.63) is 66.0 Å². The zero-order valence-electron chi connectivity index (χ0n) is 17.9. The summed E-state index contributed by atoms with van der Waals surface area (Å²) in [6, 6.07) is 13.2. The Morgan fingerprint density at radius 1 is 0.933 bits per heavy atom. The van der Waals surface area contributed by atoms with E-state index in [1.807, 2.05) is 42.6 Å². The molecule has 0 unspecified atom stereocenters. The van der Waals surface area contributed by atoms with Crippen LogP contribution in [0.5, 0.6) is 5.75 Å². The Morgan fingerprint density at radius 3 is 2.30 bits per heavy atom. The molecule has 3 aromatic rings. The fourth-order valence-corrected chi connectivity index (χ4v) is 2.88. The quantitative estimate of drug-likeness (QED) is 0.554. The van der Waals surface area contributed by atoms with Gasteiger partial charge in [-0.1, -0.05) is 39.0 Å². The van der Waals surface area contributed by atoms with Crippen LogP contribution in [-0.4, -0.2) is 30.0 Å². The summed E-state index contributed by atoms with van der Waals surface area (Å²) in [5.41, 5.74) is 2.95. The molecule has 7 nitrogen and oxygen atoms in total. The molecule has 3 N–H and O–H groups in total. The predicted molar refractivity (Wildman–Crippen MR) is 120 cm³/mol. The average molecular weight is 406 g/mol. The highest BCUT2D eigenvalue weighted by molar-refractivity contribution is 6.00. The van der Waals surface area contributed by atoms with Crippen LogP contribution in [0.2, 0.25) is 0 Å². The number of aromatic nitrogens is 2. The second-order valence-corrected chi connectivity index (χ2v) is 7.83. The van der Waals surface area contributed by atoms with Gasteiger partial charge in [0.1, 0.15) is 17.4 Å². The first-order valence-electron chi connectivity index (χ1n) is 9.67. The molecule has 1 amide bonds. The Labute approximate surface area is 176 Å². The minimum Gasteiger partial charge on any atom is -0.495 e. The van der Waals surface area contributed by atoms with E-state index in [9.17, 15) is 4.79 Å². The van der Waals surface area contributed by atoms with Gasteiger partial charge in [0.05, 0.1) is 24.0 Å². The van der Waals surface area contributed by atoms with Crippen molar-refractivity contribution in [3.8, 4) is 5.75 Å². The number of hydrogen-bond acceptors (Lipinski definition) is 6. The Bertz CT molecular complexity index is 1030. The number of hydrogen-bond donors (Lipinski definition) is 3. The molecule has 0 bridgehead atoms. The van der Waals surface area contributed by atoms with Crippen molar-refractivity contribution in [2.45, 2.75) is 26.2 Å². The predicted octanol–water partition coefficient (Wildman–Crippen LogP) is 4.63. The molecule has 2 heterocycles. The van der Waals surface area contributed by atoms with Crippen molar-refractivity contribution in [2.75, 3.05) is 24.8 Å². The lowest BCUT2D eigenvalue weighted by Gasteiger charge is -2.18. The Hall–Kier alpha value is -3.61. The fraction of sp³-hybridized carbons (Fsp3) is 0.261. The van der Waals surface area contributed by atoms with E-state index in [4.69, 9.17) is 4.74 Å². The molecular formula is C23H27N5O2. The zero-order valence-corrected chi connectivity index (χ0v) is 17.9. The van der Waals surface area contributed by atoms with E-state index in [0.717, 1.165) is 11.3 Å². The van der Waals surface area contributed by atoms with Crippen molar-refractivity contribution in [2.24, 2.45) is 0 Å². The van der Waals surface area contributed by atoms with E-state index in [0.29, 0.717) is 28.6 Å². The molecule has 0 atom stereocenters. The summed E-state index contributed by atoms with van der Waals surface area (Å²) < 4.78 is 5.40. The number of anilines is 4. The molecule has 2 aromatic heterocycles. The van der Waals surface area contributed by atoms with Crippen LogP contribution < -0.4 is 20.7 Å². The van der Waals surface area contributed by atoms with Crippen molar-refractivity contribution in [3.63, 3.8) is 0 Å². The van der Waals surface area contributed by atoms with E-state index < -0.39 is 0 Å². The topological polar surface area (TPSA) is 88.2 Å². The van der Waals surface area contributed by atoms with Crippen molar-refractivity contribution in [1.82, 2.24) is 15.3 Å². The Kier molecular flexibility index (Phi) is 6.20. The summed E-state index contributed by atoms with van der Waals surface area (Å²) in [7, 11) is 3.19. The van der Waals surface area contributed by atoms with Crippen LogP contribution in [0.15, 0.2) is 54.9 Å². The normalized spacial score (nSPS) is 11.0. The van der Waals surface area contributed by atoms with Gasteiger partial charge in [-0.25, -0.2) is 9.97 Å². The molecule has 0 saturated heterocycles. The molecule has 3 rings (SSSR count). The highest BCUT2D eigenvalue weighted by Gasteiger charge is 2.16. The third-order valence-corrected chi connectivity index (χ3v) is 4.64. The number of para-hydroxylation sites is 2. The first-order chi connectivity index (χ1) is 14.3. The highest BCUT2D eigenvalue weighted by Crippen LogP contribution is 2.30. The van der Waals surface area contributed by atoms with Crippen LogP contribution in [-0.2, 0) is 5.41 Å². The summed E-state index contributed by atoms with van der Waals surface area (Å²) in [5.74, 6) is 1.67. The third-order valence-electron chi connectivity index (χ3n) is 4.64. The first kappa shape index (κ1) is 21.1. The minimum atomic E-state index is -0.237. The van der Waals surface area contributed by atoms with Gasteiger partial charge in [0.15, 0.2) is 0 Å². The van der Waals surface area contributed by atoms with Crippen LogP contribution >= 0.6 is 0 Å². The van der Waals surface area contributed by atoms with Gasteiger partial charge in [0.25, 0.3) is 5.91 Å². The van der Waals surface area contributed by atoms with Gasteiger partial charge in [-0.3, -0.25) is 4.79 Å². The van der Waals surface area contributed by atoms with E-state index in [-0.39, 0.29) is 11.3 Å². The lowest BCUT2D eigenvalue weighted by Crippen LogP contribution is -2.19. The van der Waals surface area contributed by atoms with E-state index in [1.54, 1.807) is 20.2 Å². The summed E-state index contributed by atoms with van der Waals surface area (Å²) in [6.07, 6.45) is 3.39. The number of benzene rings is 1. The number of amides is 1. The van der Waals surface area contributed by atoms with Crippen LogP contribution in [0.3, 0.4) is 0 Å². The lowest BCUT2D eigenvalue weighted by molar-refractivity contribution is 0.0963. The first-order valence-corrected chi connectivity index (χ1v) is 9.67. The molecule has 30 heavy (non-hydrogen) atoms. The number of nitrogens with one attached hydrogen (secondary N) is 3. The molecule has 0 aliphatic rings. The molecule has 0 fully saturated rings. The van der Waals surface area contributed by atoms with E-state index in [2.05, 4.69) is 46.7 Å². The summed E-state index contributed by atoms with van der Waals surface area (Å²) >= 11 is 0. The second-order valence-electron chi connectivity index (χ2n) is 7.83. The molecule has 156 valence electrons. The van der Waals surface area contributed by atoms with Gasteiger partial charge in [-0.2, -0.15) is 0 Å². The second kappa shape index (κ2) is 8.82. The summed E-state index contributed by atoms with van der Waals surface area (Å²) in [6.45, 7) is 6.43. The lowest BCUT2D eigenvalue weighted by atomic mass is 9.88. The minimum absolute atomic E-state index is 0.0325.